The second-order valence-corrected chi connectivity index (χ2v) is 5.56. The van der Waals surface area contributed by atoms with Gasteiger partial charge in [-0.3, -0.25) is 0 Å². The molecule has 2 rings (SSSR count). The highest BCUT2D eigenvalue weighted by Gasteiger charge is 2.12. The number of benzene rings is 1. The predicted octanol–water partition coefficient (Wildman–Crippen LogP) is 3.50. The molecule has 0 amide bonds. The van der Waals surface area contributed by atoms with Crippen molar-refractivity contribution < 1.29 is 4.74 Å². The van der Waals surface area contributed by atoms with Gasteiger partial charge in [0.25, 0.3) is 0 Å². The minimum Gasteiger partial charge on any atom is -0.381 e. The summed E-state index contributed by atoms with van der Waals surface area (Å²) < 4.78 is 5.42. The molecule has 1 aromatic carbocycles. The number of hydrogen-bond acceptors (Lipinski definition) is 4. The quantitative estimate of drug-likeness (QED) is 0.756. The van der Waals surface area contributed by atoms with Crippen LogP contribution >= 0.6 is 11.3 Å². The second-order valence-electron chi connectivity index (χ2n) is 4.48. The zero-order valence-corrected chi connectivity index (χ0v) is 13.0. The number of hydrogen-bond donors (Lipinski definition) is 1. The fraction of sp³-hybridized carbons (Fsp3) is 0.438. The topological polar surface area (TPSA) is 34.2 Å². The van der Waals surface area contributed by atoms with Crippen molar-refractivity contribution in [3.05, 3.63) is 41.0 Å². The zero-order valence-electron chi connectivity index (χ0n) is 12.2. The minimum atomic E-state index is 0.749. The second kappa shape index (κ2) is 8.15. The average Bonchev–Trinajstić information content (AvgIpc) is 2.89. The fourth-order valence-corrected chi connectivity index (χ4v) is 3.06. The molecule has 1 N–H and O–H groups in total. The molecular weight excluding hydrogens is 268 g/mol. The summed E-state index contributed by atoms with van der Waals surface area (Å²) in [7, 11) is 0. The first kappa shape index (κ1) is 15.2. The third-order valence-electron chi connectivity index (χ3n) is 2.98. The molecule has 0 bridgehead atoms. The summed E-state index contributed by atoms with van der Waals surface area (Å²) in [5.41, 5.74) is 2.40. The first-order chi connectivity index (χ1) is 9.85. The largest absolute Gasteiger partial charge is 0.381 e. The van der Waals surface area contributed by atoms with Gasteiger partial charge in [0.05, 0.1) is 22.2 Å². The summed E-state index contributed by atoms with van der Waals surface area (Å²) in [5, 5.41) is 4.53. The minimum absolute atomic E-state index is 0.749. The summed E-state index contributed by atoms with van der Waals surface area (Å²) in [5.74, 6) is 0. The standard InChI is InChI=1S/C16H22N2OS/c1-3-17-12-14-16(13-8-6-5-7-9-13)20-15(18-14)10-11-19-4-2/h5-9,17H,3-4,10-12H2,1-2H3. The van der Waals surface area contributed by atoms with Crippen LogP contribution in [0, 0.1) is 0 Å². The fourth-order valence-electron chi connectivity index (χ4n) is 1.99. The van der Waals surface area contributed by atoms with E-state index in [1.165, 1.54) is 10.4 Å². The molecule has 0 spiro atoms. The van der Waals surface area contributed by atoms with Crippen LogP contribution < -0.4 is 5.32 Å². The van der Waals surface area contributed by atoms with Gasteiger partial charge in [-0.2, -0.15) is 0 Å². The van der Waals surface area contributed by atoms with E-state index < -0.39 is 0 Å². The first-order valence-electron chi connectivity index (χ1n) is 7.17. The van der Waals surface area contributed by atoms with Crippen molar-refractivity contribution in [1.82, 2.24) is 10.3 Å². The number of thiazole rings is 1. The van der Waals surface area contributed by atoms with Crippen molar-refractivity contribution in [3.8, 4) is 10.4 Å². The lowest BCUT2D eigenvalue weighted by molar-refractivity contribution is 0.151. The maximum atomic E-state index is 5.42. The molecule has 2 aromatic rings. The van der Waals surface area contributed by atoms with Crippen molar-refractivity contribution in [2.24, 2.45) is 0 Å². The Bertz CT molecular complexity index is 510. The van der Waals surface area contributed by atoms with Gasteiger partial charge in [0.1, 0.15) is 0 Å². The van der Waals surface area contributed by atoms with Crippen LogP contribution in [0.2, 0.25) is 0 Å². The summed E-state index contributed by atoms with van der Waals surface area (Å²) >= 11 is 1.78. The summed E-state index contributed by atoms with van der Waals surface area (Å²) in [4.78, 5) is 6.05. The Morgan fingerprint density at radius 3 is 2.70 bits per heavy atom. The van der Waals surface area contributed by atoms with Crippen molar-refractivity contribution in [3.63, 3.8) is 0 Å². The van der Waals surface area contributed by atoms with Gasteiger partial charge in [-0.15, -0.1) is 11.3 Å². The highest BCUT2D eigenvalue weighted by molar-refractivity contribution is 7.15. The van der Waals surface area contributed by atoms with E-state index in [1.807, 2.05) is 13.0 Å². The lowest BCUT2D eigenvalue weighted by Gasteiger charge is -2.02. The summed E-state index contributed by atoms with van der Waals surface area (Å²) in [6, 6.07) is 10.5. The van der Waals surface area contributed by atoms with Gasteiger partial charge in [0, 0.05) is 19.6 Å². The predicted molar refractivity (Wildman–Crippen MR) is 85.1 cm³/mol. The Kier molecular flexibility index (Phi) is 6.18. The van der Waals surface area contributed by atoms with E-state index in [4.69, 9.17) is 9.72 Å². The lowest BCUT2D eigenvalue weighted by Crippen LogP contribution is -2.12. The number of nitrogens with zero attached hydrogens (tertiary/aromatic N) is 1. The molecular formula is C16H22N2OS. The molecule has 108 valence electrons. The van der Waals surface area contributed by atoms with E-state index in [-0.39, 0.29) is 0 Å². The third kappa shape index (κ3) is 4.13. The van der Waals surface area contributed by atoms with Gasteiger partial charge < -0.3 is 10.1 Å². The molecule has 1 aromatic heterocycles. The molecule has 0 aliphatic heterocycles. The molecule has 20 heavy (non-hydrogen) atoms. The van der Waals surface area contributed by atoms with Crippen molar-refractivity contribution >= 4 is 11.3 Å². The summed E-state index contributed by atoms with van der Waals surface area (Å²) in [6.45, 7) is 7.43. The van der Waals surface area contributed by atoms with E-state index in [9.17, 15) is 0 Å². The molecule has 0 atom stereocenters. The smallest absolute Gasteiger partial charge is 0.0958 e. The molecule has 0 fully saturated rings. The molecule has 0 radical (unpaired) electrons. The normalized spacial score (nSPS) is 10.9. The Labute approximate surface area is 125 Å². The van der Waals surface area contributed by atoms with Crippen LogP contribution in [0.5, 0.6) is 0 Å². The highest BCUT2D eigenvalue weighted by atomic mass is 32.1. The Balaban J connectivity index is 2.19. The van der Waals surface area contributed by atoms with E-state index in [0.29, 0.717) is 0 Å². The van der Waals surface area contributed by atoms with Gasteiger partial charge in [-0.25, -0.2) is 4.98 Å². The molecule has 0 saturated heterocycles. The van der Waals surface area contributed by atoms with E-state index >= 15 is 0 Å². The SMILES string of the molecule is CCNCc1nc(CCOCC)sc1-c1ccccc1. The third-order valence-corrected chi connectivity index (χ3v) is 4.19. The highest BCUT2D eigenvalue weighted by Crippen LogP contribution is 2.30. The Hall–Kier alpha value is -1.23. The van der Waals surface area contributed by atoms with E-state index in [0.717, 1.165) is 43.4 Å². The van der Waals surface area contributed by atoms with Crippen LogP contribution in [-0.4, -0.2) is 24.7 Å². The Morgan fingerprint density at radius 2 is 2.00 bits per heavy atom. The van der Waals surface area contributed by atoms with Crippen LogP contribution in [0.15, 0.2) is 30.3 Å². The average molecular weight is 290 g/mol. The van der Waals surface area contributed by atoms with Crippen LogP contribution in [0.1, 0.15) is 24.5 Å². The molecule has 0 unspecified atom stereocenters. The van der Waals surface area contributed by atoms with Crippen LogP contribution in [0.3, 0.4) is 0 Å². The molecule has 1 heterocycles. The number of aromatic nitrogens is 1. The van der Waals surface area contributed by atoms with E-state index in [2.05, 4.69) is 36.5 Å². The zero-order chi connectivity index (χ0) is 14.2. The van der Waals surface area contributed by atoms with E-state index in [1.54, 1.807) is 11.3 Å². The van der Waals surface area contributed by atoms with Crippen molar-refractivity contribution in [2.75, 3.05) is 19.8 Å². The monoisotopic (exact) mass is 290 g/mol. The lowest BCUT2D eigenvalue weighted by atomic mass is 10.1. The molecule has 3 nitrogen and oxygen atoms in total. The van der Waals surface area contributed by atoms with Crippen LogP contribution in [-0.2, 0) is 17.7 Å². The van der Waals surface area contributed by atoms with Gasteiger partial charge in [0.15, 0.2) is 0 Å². The molecule has 0 aliphatic rings. The van der Waals surface area contributed by atoms with Gasteiger partial charge in [-0.1, -0.05) is 37.3 Å². The van der Waals surface area contributed by atoms with Gasteiger partial charge in [0.2, 0.25) is 0 Å². The van der Waals surface area contributed by atoms with Crippen LogP contribution in [0.4, 0.5) is 0 Å². The van der Waals surface area contributed by atoms with Crippen molar-refractivity contribution in [2.45, 2.75) is 26.8 Å². The number of nitrogens with one attached hydrogen (secondary N) is 1. The number of rotatable bonds is 8. The number of ether oxygens (including phenoxy) is 1. The van der Waals surface area contributed by atoms with Crippen molar-refractivity contribution in [1.29, 1.82) is 0 Å². The molecule has 4 heteroatoms. The molecule has 0 saturated carbocycles. The first-order valence-corrected chi connectivity index (χ1v) is 7.99. The maximum Gasteiger partial charge on any atom is 0.0958 e. The van der Waals surface area contributed by atoms with Gasteiger partial charge >= 0.3 is 0 Å². The van der Waals surface area contributed by atoms with Crippen LogP contribution in [0.25, 0.3) is 10.4 Å². The maximum absolute atomic E-state index is 5.42. The van der Waals surface area contributed by atoms with Gasteiger partial charge in [-0.05, 0) is 19.0 Å². The Morgan fingerprint density at radius 1 is 1.20 bits per heavy atom. The molecule has 0 aliphatic carbocycles. The summed E-state index contributed by atoms with van der Waals surface area (Å²) in [6.07, 6.45) is 0.893.